The maximum Gasteiger partial charge on any atom is 0.348 e. The van der Waals surface area contributed by atoms with Gasteiger partial charge in [-0.2, -0.15) is 5.26 Å². The summed E-state index contributed by atoms with van der Waals surface area (Å²) >= 11 is 1.26. The van der Waals surface area contributed by atoms with Crippen LogP contribution in [0.4, 0.5) is 5.69 Å². The van der Waals surface area contributed by atoms with E-state index in [1.807, 2.05) is 12.1 Å². The third-order valence-corrected chi connectivity index (χ3v) is 3.72. The van der Waals surface area contributed by atoms with E-state index in [9.17, 15) is 9.59 Å². The van der Waals surface area contributed by atoms with E-state index in [4.69, 9.17) is 10.00 Å². The lowest BCUT2D eigenvalue weighted by atomic mass is 10.2. The summed E-state index contributed by atoms with van der Waals surface area (Å²) in [6.07, 6.45) is 0.208. The summed E-state index contributed by atoms with van der Waals surface area (Å²) in [5.74, 6) is -0.872. The van der Waals surface area contributed by atoms with E-state index in [2.05, 4.69) is 0 Å². The number of hydrogen-bond acceptors (Lipinski definition) is 5. The number of nitriles is 1. The second kappa shape index (κ2) is 7.96. The van der Waals surface area contributed by atoms with Gasteiger partial charge in [0.15, 0.2) is 6.61 Å². The summed E-state index contributed by atoms with van der Waals surface area (Å²) in [7, 11) is 0. The van der Waals surface area contributed by atoms with E-state index in [-0.39, 0.29) is 25.5 Å². The van der Waals surface area contributed by atoms with Crippen LogP contribution in [0.15, 0.2) is 47.8 Å². The molecule has 1 aromatic heterocycles. The molecule has 0 fully saturated rings. The number of benzene rings is 1. The monoisotopic (exact) mass is 314 g/mol. The number of thiophene rings is 1. The predicted molar refractivity (Wildman–Crippen MR) is 83.6 cm³/mol. The highest BCUT2D eigenvalue weighted by Crippen LogP contribution is 2.15. The van der Waals surface area contributed by atoms with Crippen molar-refractivity contribution in [1.82, 2.24) is 0 Å². The minimum Gasteiger partial charge on any atom is -0.451 e. The summed E-state index contributed by atoms with van der Waals surface area (Å²) < 4.78 is 5.03. The molecule has 1 heterocycles. The number of hydrogen-bond donors (Lipinski definition) is 0. The van der Waals surface area contributed by atoms with Gasteiger partial charge in [-0.05, 0) is 23.6 Å². The first-order chi connectivity index (χ1) is 10.7. The molecule has 5 nitrogen and oxygen atoms in total. The zero-order valence-corrected chi connectivity index (χ0v) is 12.6. The molecule has 0 aliphatic carbocycles. The Morgan fingerprint density at radius 3 is 2.59 bits per heavy atom. The fourth-order valence-electron chi connectivity index (χ4n) is 1.84. The van der Waals surface area contributed by atoms with Crippen LogP contribution in [0.3, 0.4) is 0 Å². The van der Waals surface area contributed by atoms with Gasteiger partial charge in [0.05, 0.1) is 12.5 Å². The Balaban J connectivity index is 2.00. The van der Waals surface area contributed by atoms with Crippen molar-refractivity contribution in [3.63, 3.8) is 0 Å². The van der Waals surface area contributed by atoms with E-state index in [0.29, 0.717) is 10.6 Å². The highest BCUT2D eigenvalue weighted by molar-refractivity contribution is 7.11. The van der Waals surface area contributed by atoms with Crippen molar-refractivity contribution in [2.75, 3.05) is 18.1 Å². The quantitative estimate of drug-likeness (QED) is 0.769. The normalized spacial score (nSPS) is 9.77. The van der Waals surface area contributed by atoms with Crippen molar-refractivity contribution in [3.8, 4) is 6.07 Å². The minimum absolute atomic E-state index is 0.208. The first-order valence-electron chi connectivity index (χ1n) is 6.65. The predicted octanol–water partition coefficient (Wildman–Crippen LogP) is 2.85. The molecule has 2 rings (SSSR count). The molecule has 6 heteroatoms. The molecule has 0 aliphatic rings. The zero-order valence-electron chi connectivity index (χ0n) is 11.8. The number of amides is 1. The fourth-order valence-corrected chi connectivity index (χ4v) is 2.45. The molecule has 112 valence electrons. The van der Waals surface area contributed by atoms with E-state index in [1.165, 1.54) is 16.2 Å². The third-order valence-electron chi connectivity index (χ3n) is 2.87. The van der Waals surface area contributed by atoms with Crippen molar-refractivity contribution in [3.05, 3.63) is 52.7 Å². The van der Waals surface area contributed by atoms with Gasteiger partial charge in [-0.3, -0.25) is 4.79 Å². The molecule has 0 atom stereocenters. The number of carbonyl (C=O) groups is 2. The molecule has 0 radical (unpaired) electrons. The van der Waals surface area contributed by atoms with Gasteiger partial charge in [-0.25, -0.2) is 4.79 Å². The van der Waals surface area contributed by atoms with Crippen LogP contribution in [0.5, 0.6) is 0 Å². The highest BCUT2D eigenvalue weighted by atomic mass is 32.1. The van der Waals surface area contributed by atoms with Crippen molar-refractivity contribution < 1.29 is 14.3 Å². The van der Waals surface area contributed by atoms with Gasteiger partial charge < -0.3 is 9.64 Å². The van der Waals surface area contributed by atoms with E-state index < -0.39 is 5.97 Å². The number of nitrogens with zero attached hydrogens (tertiary/aromatic N) is 2. The number of esters is 1. The maximum absolute atomic E-state index is 12.3. The lowest BCUT2D eigenvalue weighted by Gasteiger charge is -2.21. The topological polar surface area (TPSA) is 70.4 Å². The summed E-state index contributed by atoms with van der Waals surface area (Å²) in [6.45, 7) is -0.0903. The van der Waals surface area contributed by atoms with E-state index >= 15 is 0 Å². The van der Waals surface area contributed by atoms with Gasteiger partial charge >= 0.3 is 5.97 Å². The van der Waals surface area contributed by atoms with E-state index in [1.54, 1.807) is 41.8 Å². The second-order valence-corrected chi connectivity index (χ2v) is 5.29. The molecule has 0 spiro atoms. The van der Waals surface area contributed by atoms with Crippen LogP contribution in [0, 0.1) is 11.3 Å². The van der Waals surface area contributed by atoms with Crippen LogP contribution in [0.25, 0.3) is 0 Å². The molecule has 0 unspecified atom stereocenters. The first-order valence-corrected chi connectivity index (χ1v) is 7.53. The van der Waals surface area contributed by atoms with Gasteiger partial charge in [0.2, 0.25) is 0 Å². The van der Waals surface area contributed by atoms with Crippen LogP contribution in [-0.4, -0.2) is 25.0 Å². The van der Waals surface area contributed by atoms with Crippen LogP contribution in [-0.2, 0) is 9.53 Å². The van der Waals surface area contributed by atoms with Gasteiger partial charge in [0, 0.05) is 12.2 Å². The lowest BCUT2D eigenvalue weighted by Crippen LogP contribution is -2.35. The van der Waals surface area contributed by atoms with Gasteiger partial charge in [-0.1, -0.05) is 24.3 Å². The molecule has 0 N–H and O–H groups in total. The molecule has 0 saturated carbocycles. The minimum atomic E-state index is -0.517. The molecular weight excluding hydrogens is 300 g/mol. The summed E-state index contributed by atoms with van der Waals surface area (Å²) in [4.78, 5) is 25.9. The fraction of sp³-hybridized carbons (Fsp3) is 0.188. The van der Waals surface area contributed by atoms with Gasteiger partial charge in [0.25, 0.3) is 5.91 Å². The Bertz CT molecular complexity index is 662. The molecule has 1 aromatic carbocycles. The summed E-state index contributed by atoms with van der Waals surface area (Å²) in [5, 5.41) is 10.5. The maximum atomic E-state index is 12.3. The first kappa shape index (κ1) is 15.7. The van der Waals surface area contributed by atoms with Crippen LogP contribution in [0.1, 0.15) is 16.1 Å². The van der Waals surface area contributed by atoms with Crippen LogP contribution >= 0.6 is 11.3 Å². The number of para-hydroxylation sites is 1. The molecule has 22 heavy (non-hydrogen) atoms. The Morgan fingerprint density at radius 1 is 1.18 bits per heavy atom. The Labute approximate surface area is 132 Å². The average Bonchev–Trinajstić information content (AvgIpc) is 3.08. The number of ether oxygens (including phenoxy) is 1. The van der Waals surface area contributed by atoms with Gasteiger partial charge in [-0.15, -0.1) is 11.3 Å². The van der Waals surface area contributed by atoms with Crippen molar-refractivity contribution in [2.45, 2.75) is 6.42 Å². The largest absolute Gasteiger partial charge is 0.451 e. The Kier molecular flexibility index (Phi) is 5.69. The third kappa shape index (κ3) is 4.17. The molecule has 0 aliphatic heterocycles. The highest BCUT2D eigenvalue weighted by Gasteiger charge is 2.18. The molecule has 0 saturated heterocycles. The van der Waals surface area contributed by atoms with Crippen LogP contribution in [0.2, 0.25) is 0 Å². The average molecular weight is 314 g/mol. The second-order valence-electron chi connectivity index (χ2n) is 4.34. The summed E-state index contributed by atoms with van der Waals surface area (Å²) in [5.41, 5.74) is 0.676. The SMILES string of the molecule is N#CCCN(C(=O)COC(=O)c1cccs1)c1ccccc1. The van der Waals surface area contributed by atoms with Crippen molar-refractivity contribution in [2.24, 2.45) is 0 Å². The standard InChI is InChI=1S/C16H14N2O3S/c17-9-5-10-18(13-6-2-1-3-7-13)15(19)12-21-16(20)14-8-4-11-22-14/h1-4,6-8,11H,5,10,12H2. The molecular formula is C16H14N2O3S. The Morgan fingerprint density at radius 2 is 1.95 bits per heavy atom. The zero-order chi connectivity index (χ0) is 15.8. The van der Waals surface area contributed by atoms with Crippen molar-refractivity contribution in [1.29, 1.82) is 5.26 Å². The Hall–Kier alpha value is -2.65. The number of carbonyl (C=O) groups excluding carboxylic acids is 2. The van der Waals surface area contributed by atoms with E-state index in [0.717, 1.165) is 0 Å². The smallest absolute Gasteiger partial charge is 0.348 e. The molecule has 0 bridgehead atoms. The van der Waals surface area contributed by atoms with Gasteiger partial charge in [0.1, 0.15) is 4.88 Å². The lowest BCUT2D eigenvalue weighted by molar-refractivity contribution is -0.121. The molecule has 1 amide bonds. The van der Waals surface area contributed by atoms with Crippen molar-refractivity contribution >= 4 is 28.9 Å². The van der Waals surface area contributed by atoms with Crippen LogP contribution < -0.4 is 4.90 Å². The number of rotatable bonds is 6. The summed E-state index contributed by atoms with van der Waals surface area (Å²) in [6, 6.07) is 14.4. The number of anilines is 1. The molecule has 2 aromatic rings.